The lowest BCUT2D eigenvalue weighted by Gasteiger charge is -1.99. The van der Waals surface area contributed by atoms with Crippen molar-refractivity contribution < 1.29 is 28.8 Å². The zero-order chi connectivity index (χ0) is 10.9. The van der Waals surface area contributed by atoms with Gasteiger partial charge >= 0.3 is 0 Å². The Balaban J connectivity index is 0. The summed E-state index contributed by atoms with van der Waals surface area (Å²) in [7, 11) is -4.53. The maximum atomic E-state index is 10.7. The SMILES string of the molecule is O.O.O=[N+]([O-])c1ccc(Cl)c(S(=O)(=O)O)c1. The van der Waals surface area contributed by atoms with Crippen LogP contribution in [0.25, 0.3) is 0 Å². The fourth-order valence-electron chi connectivity index (χ4n) is 0.803. The molecular formula is C6H8ClNO7S. The fraction of sp³-hybridized carbons (Fsp3) is 0. The molecule has 0 atom stereocenters. The Kier molecular flexibility index (Phi) is 6.13. The Hall–Kier alpha value is -1.26. The molecule has 0 saturated carbocycles. The van der Waals surface area contributed by atoms with Crippen LogP contribution in [0.4, 0.5) is 5.69 Å². The largest absolute Gasteiger partial charge is 0.412 e. The predicted molar refractivity (Wildman–Crippen MR) is 55.1 cm³/mol. The summed E-state index contributed by atoms with van der Waals surface area (Å²) in [4.78, 5) is 8.82. The van der Waals surface area contributed by atoms with Crippen LogP contribution in [0.5, 0.6) is 0 Å². The molecule has 0 spiro atoms. The summed E-state index contributed by atoms with van der Waals surface area (Å²) in [6, 6.07) is 2.76. The molecule has 0 radical (unpaired) electrons. The van der Waals surface area contributed by atoms with Crippen LogP contribution in [-0.4, -0.2) is 28.8 Å². The van der Waals surface area contributed by atoms with E-state index in [1.54, 1.807) is 0 Å². The molecule has 1 rings (SSSR count). The number of hydrogen-bond donors (Lipinski definition) is 1. The van der Waals surface area contributed by atoms with Crippen LogP contribution in [0.2, 0.25) is 5.02 Å². The van der Waals surface area contributed by atoms with Crippen LogP contribution in [0, 0.1) is 10.1 Å². The second-order valence-corrected chi connectivity index (χ2v) is 4.14. The average molecular weight is 274 g/mol. The first-order chi connectivity index (χ1) is 6.32. The zero-order valence-electron chi connectivity index (χ0n) is 7.55. The van der Waals surface area contributed by atoms with Gasteiger partial charge in [-0.2, -0.15) is 8.42 Å². The Bertz CT molecular complexity index is 486. The second kappa shape index (κ2) is 5.72. The molecule has 0 fully saturated rings. The third-order valence-electron chi connectivity index (χ3n) is 1.40. The van der Waals surface area contributed by atoms with Crippen molar-refractivity contribution in [2.75, 3.05) is 0 Å². The van der Waals surface area contributed by atoms with E-state index >= 15 is 0 Å². The van der Waals surface area contributed by atoms with Crippen molar-refractivity contribution >= 4 is 27.4 Å². The highest BCUT2D eigenvalue weighted by Gasteiger charge is 2.18. The van der Waals surface area contributed by atoms with Crippen LogP contribution in [0.15, 0.2) is 23.1 Å². The van der Waals surface area contributed by atoms with Crippen molar-refractivity contribution in [1.82, 2.24) is 0 Å². The third kappa shape index (κ3) is 3.72. The molecule has 0 aliphatic carbocycles. The molecule has 0 amide bonds. The molecule has 10 heteroatoms. The Morgan fingerprint density at radius 1 is 1.31 bits per heavy atom. The highest BCUT2D eigenvalue weighted by atomic mass is 35.5. The number of non-ortho nitro benzene ring substituents is 1. The molecule has 5 N–H and O–H groups in total. The zero-order valence-corrected chi connectivity index (χ0v) is 9.12. The van der Waals surface area contributed by atoms with E-state index in [0.29, 0.717) is 6.07 Å². The fourth-order valence-corrected chi connectivity index (χ4v) is 1.80. The highest BCUT2D eigenvalue weighted by molar-refractivity contribution is 7.86. The van der Waals surface area contributed by atoms with Gasteiger partial charge in [-0.3, -0.25) is 14.7 Å². The molecule has 0 bridgehead atoms. The molecule has 8 nitrogen and oxygen atoms in total. The highest BCUT2D eigenvalue weighted by Crippen LogP contribution is 2.25. The van der Waals surface area contributed by atoms with E-state index in [4.69, 9.17) is 16.2 Å². The Labute approximate surface area is 95.0 Å². The van der Waals surface area contributed by atoms with Crippen molar-refractivity contribution in [1.29, 1.82) is 0 Å². The number of benzene rings is 1. The van der Waals surface area contributed by atoms with Gasteiger partial charge in [-0.15, -0.1) is 0 Å². The lowest BCUT2D eigenvalue weighted by Crippen LogP contribution is -2.00. The van der Waals surface area contributed by atoms with Crippen molar-refractivity contribution in [3.05, 3.63) is 33.3 Å². The molecule has 16 heavy (non-hydrogen) atoms. The standard InChI is InChI=1S/C6H4ClNO5S.2H2O/c7-5-2-1-4(8(9)10)3-6(5)14(11,12)13;;/h1-3H,(H,11,12,13);2*1H2. The van der Waals surface area contributed by atoms with Crippen LogP contribution in [0.1, 0.15) is 0 Å². The summed E-state index contributed by atoms with van der Waals surface area (Å²) in [5.74, 6) is 0. The molecule has 0 saturated heterocycles. The van der Waals surface area contributed by atoms with Gasteiger partial charge in [-0.1, -0.05) is 11.6 Å². The van der Waals surface area contributed by atoms with E-state index in [0.717, 1.165) is 12.1 Å². The molecular weight excluding hydrogens is 266 g/mol. The Morgan fingerprint density at radius 3 is 2.19 bits per heavy atom. The third-order valence-corrected chi connectivity index (χ3v) is 2.74. The minimum Gasteiger partial charge on any atom is -0.412 e. The van der Waals surface area contributed by atoms with E-state index < -0.39 is 25.6 Å². The van der Waals surface area contributed by atoms with Crippen molar-refractivity contribution in [3.63, 3.8) is 0 Å². The normalized spacial score (nSPS) is 9.88. The smallest absolute Gasteiger partial charge is 0.296 e. The van der Waals surface area contributed by atoms with Gasteiger partial charge in [0, 0.05) is 12.1 Å². The Morgan fingerprint density at radius 2 is 1.81 bits per heavy atom. The molecule has 0 aromatic heterocycles. The van der Waals surface area contributed by atoms with Crippen LogP contribution < -0.4 is 0 Å². The number of nitro benzene ring substituents is 1. The summed E-state index contributed by atoms with van der Waals surface area (Å²) in [5.41, 5.74) is -0.456. The summed E-state index contributed by atoms with van der Waals surface area (Å²) in [6.45, 7) is 0. The van der Waals surface area contributed by atoms with Gasteiger partial charge in [0.1, 0.15) is 4.90 Å². The summed E-state index contributed by atoms with van der Waals surface area (Å²) < 4.78 is 30.0. The summed E-state index contributed by atoms with van der Waals surface area (Å²) in [6.07, 6.45) is 0. The van der Waals surface area contributed by atoms with E-state index in [-0.39, 0.29) is 16.0 Å². The van der Waals surface area contributed by atoms with E-state index in [1.807, 2.05) is 0 Å². The first kappa shape index (κ1) is 17.1. The minimum absolute atomic E-state index is 0. The number of nitrogens with zero attached hydrogens (tertiary/aromatic N) is 1. The van der Waals surface area contributed by atoms with Crippen molar-refractivity contribution in [2.24, 2.45) is 0 Å². The van der Waals surface area contributed by atoms with Gasteiger partial charge in [0.25, 0.3) is 15.8 Å². The average Bonchev–Trinajstić information content (AvgIpc) is 2.02. The monoisotopic (exact) mass is 273 g/mol. The second-order valence-electron chi connectivity index (χ2n) is 2.35. The maximum Gasteiger partial charge on any atom is 0.296 e. The number of rotatable bonds is 2. The molecule has 0 aliphatic heterocycles. The predicted octanol–water partition coefficient (Wildman–Crippen LogP) is -0.154. The van der Waals surface area contributed by atoms with Crippen molar-refractivity contribution in [3.8, 4) is 0 Å². The number of hydrogen-bond acceptors (Lipinski definition) is 4. The van der Waals surface area contributed by atoms with Crippen LogP contribution in [-0.2, 0) is 10.1 Å². The lowest BCUT2D eigenvalue weighted by atomic mass is 10.3. The lowest BCUT2D eigenvalue weighted by molar-refractivity contribution is -0.385. The molecule has 1 aromatic carbocycles. The van der Waals surface area contributed by atoms with E-state index in [1.165, 1.54) is 0 Å². The molecule has 0 unspecified atom stereocenters. The molecule has 92 valence electrons. The van der Waals surface area contributed by atoms with Gasteiger partial charge in [0.05, 0.1) is 9.95 Å². The van der Waals surface area contributed by atoms with Crippen molar-refractivity contribution in [2.45, 2.75) is 4.90 Å². The van der Waals surface area contributed by atoms with Gasteiger partial charge in [-0.25, -0.2) is 0 Å². The molecule has 1 aromatic rings. The van der Waals surface area contributed by atoms with Crippen LogP contribution in [0.3, 0.4) is 0 Å². The minimum atomic E-state index is -4.53. The van der Waals surface area contributed by atoms with Gasteiger partial charge in [0.15, 0.2) is 0 Å². The topological polar surface area (TPSA) is 161 Å². The van der Waals surface area contributed by atoms with Gasteiger partial charge in [0.2, 0.25) is 0 Å². The molecule has 0 heterocycles. The van der Waals surface area contributed by atoms with Gasteiger partial charge < -0.3 is 11.0 Å². The number of halogens is 1. The first-order valence-electron chi connectivity index (χ1n) is 3.24. The maximum absolute atomic E-state index is 10.7. The molecule has 0 aliphatic rings. The summed E-state index contributed by atoms with van der Waals surface area (Å²) >= 11 is 5.42. The first-order valence-corrected chi connectivity index (χ1v) is 5.05. The van der Waals surface area contributed by atoms with E-state index in [2.05, 4.69) is 0 Å². The van der Waals surface area contributed by atoms with Gasteiger partial charge in [-0.05, 0) is 6.07 Å². The summed E-state index contributed by atoms with van der Waals surface area (Å²) in [5, 5.41) is 10.0. The van der Waals surface area contributed by atoms with Crippen LogP contribution >= 0.6 is 11.6 Å². The number of nitro groups is 1. The van der Waals surface area contributed by atoms with E-state index in [9.17, 15) is 18.5 Å². The quantitative estimate of drug-likeness (QED) is 0.449.